The predicted molar refractivity (Wildman–Crippen MR) is 71.8 cm³/mol. The van der Waals surface area contributed by atoms with Crippen LogP contribution in [0.25, 0.3) is 0 Å². The molecule has 0 bridgehead atoms. The molecule has 25 heavy (non-hydrogen) atoms. The molecule has 0 aliphatic carbocycles. The molecule has 2 rings (SSSR count). The van der Waals surface area contributed by atoms with Crippen molar-refractivity contribution in [1.29, 1.82) is 0 Å². The molecule has 0 saturated carbocycles. The van der Waals surface area contributed by atoms with Gasteiger partial charge in [0.05, 0.1) is 12.7 Å². The van der Waals surface area contributed by atoms with E-state index in [1.807, 2.05) is 0 Å². The Bertz CT molecular complexity index is 912. The van der Waals surface area contributed by atoms with Crippen molar-refractivity contribution < 1.29 is 44.1 Å². The van der Waals surface area contributed by atoms with E-state index in [4.69, 9.17) is 0 Å². The van der Waals surface area contributed by atoms with Gasteiger partial charge in [-0.25, -0.2) is 18.0 Å². The Labute approximate surface area is 137 Å². The van der Waals surface area contributed by atoms with E-state index in [0.717, 1.165) is 31.4 Å². The second-order valence-corrected chi connectivity index (χ2v) is 6.00. The number of carbonyl (C=O) groups excluding carboxylic acids is 1. The standard InChI is InChI=1S/C14H7F5O5S/c1-23-14(20)6-2-4-7(5-3-6)25(21,22)24-13-11(18)9(16)8(15)10(17)12(13)19/h2-5H,1H3. The largest absolute Gasteiger partial charge is 0.465 e. The molecule has 2 aromatic carbocycles. The van der Waals surface area contributed by atoms with E-state index < -0.39 is 55.8 Å². The molecule has 0 amide bonds. The third-order valence-corrected chi connectivity index (χ3v) is 4.16. The molecule has 5 nitrogen and oxygen atoms in total. The third kappa shape index (κ3) is 3.40. The van der Waals surface area contributed by atoms with Gasteiger partial charge in [-0.2, -0.15) is 17.2 Å². The fourth-order valence-electron chi connectivity index (χ4n) is 1.69. The lowest BCUT2D eigenvalue weighted by Gasteiger charge is -2.10. The summed E-state index contributed by atoms with van der Waals surface area (Å²) in [5, 5.41) is 0. The van der Waals surface area contributed by atoms with Gasteiger partial charge in [0.25, 0.3) is 0 Å². The Morgan fingerprint density at radius 2 is 1.28 bits per heavy atom. The van der Waals surface area contributed by atoms with Crippen molar-refractivity contribution in [3.05, 3.63) is 58.9 Å². The van der Waals surface area contributed by atoms with Crippen molar-refractivity contribution in [1.82, 2.24) is 0 Å². The van der Waals surface area contributed by atoms with Crippen LogP contribution in [-0.4, -0.2) is 21.5 Å². The van der Waals surface area contributed by atoms with E-state index >= 15 is 0 Å². The monoisotopic (exact) mass is 382 g/mol. The van der Waals surface area contributed by atoms with Crippen LogP contribution in [0.1, 0.15) is 10.4 Å². The minimum atomic E-state index is -4.94. The molecule has 0 fully saturated rings. The Hall–Kier alpha value is -2.69. The fourth-order valence-corrected chi connectivity index (χ4v) is 2.62. The minimum absolute atomic E-state index is 0.0438. The summed E-state index contributed by atoms with van der Waals surface area (Å²) in [6.07, 6.45) is 0. The van der Waals surface area contributed by atoms with Gasteiger partial charge in [-0.3, -0.25) is 0 Å². The molecule has 0 aliphatic rings. The van der Waals surface area contributed by atoms with Crippen LogP contribution in [-0.2, 0) is 14.9 Å². The van der Waals surface area contributed by atoms with Crippen molar-refractivity contribution in [2.75, 3.05) is 7.11 Å². The Morgan fingerprint density at radius 3 is 1.72 bits per heavy atom. The van der Waals surface area contributed by atoms with Gasteiger partial charge in [0.2, 0.25) is 34.8 Å². The number of rotatable bonds is 4. The van der Waals surface area contributed by atoms with Crippen molar-refractivity contribution in [3.63, 3.8) is 0 Å². The zero-order chi connectivity index (χ0) is 18.9. The normalized spacial score (nSPS) is 11.3. The van der Waals surface area contributed by atoms with Crippen molar-refractivity contribution in [2.45, 2.75) is 4.90 Å². The maximum atomic E-state index is 13.5. The van der Waals surface area contributed by atoms with Gasteiger partial charge in [0.1, 0.15) is 4.90 Å². The molecule has 0 saturated heterocycles. The van der Waals surface area contributed by atoms with Gasteiger partial charge in [-0.15, -0.1) is 0 Å². The number of carbonyl (C=O) groups is 1. The summed E-state index contributed by atoms with van der Waals surface area (Å²) in [4.78, 5) is 10.6. The lowest BCUT2D eigenvalue weighted by Crippen LogP contribution is -2.14. The van der Waals surface area contributed by atoms with Crippen LogP contribution in [0.4, 0.5) is 22.0 Å². The number of esters is 1. The van der Waals surface area contributed by atoms with Crippen LogP contribution in [0.15, 0.2) is 29.2 Å². The minimum Gasteiger partial charge on any atom is -0.465 e. The first-order chi connectivity index (χ1) is 11.6. The third-order valence-electron chi connectivity index (χ3n) is 2.93. The van der Waals surface area contributed by atoms with Crippen molar-refractivity contribution >= 4 is 16.1 Å². The second-order valence-electron chi connectivity index (χ2n) is 4.45. The lowest BCUT2D eigenvalue weighted by molar-refractivity contribution is 0.0600. The molecule has 0 aromatic heterocycles. The summed E-state index contributed by atoms with van der Waals surface area (Å²) in [6, 6.07) is 3.66. The quantitative estimate of drug-likeness (QED) is 0.267. The Morgan fingerprint density at radius 1 is 0.840 bits per heavy atom. The van der Waals surface area contributed by atoms with Gasteiger partial charge in [0.15, 0.2) is 0 Å². The first kappa shape index (κ1) is 18.6. The molecule has 2 aromatic rings. The maximum absolute atomic E-state index is 13.5. The second kappa shape index (κ2) is 6.67. The molecule has 0 N–H and O–H groups in total. The predicted octanol–water partition coefficient (Wildman–Crippen LogP) is 2.94. The van der Waals surface area contributed by atoms with E-state index in [1.54, 1.807) is 0 Å². The molecule has 0 radical (unpaired) electrons. The first-order valence-corrected chi connectivity index (χ1v) is 7.65. The molecular weight excluding hydrogens is 375 g/mol. The zero-order valence-electron chi connectivity index (χ0n) is 12.1. The van der Waals surface area contributed by atoms with Crippen molar-refractivity contribution in [3.8, 4) is 5.75 Å². The van der Waals surface area contributed by atoms with Crippen molar-refractivity contribution in [2.24, 2.45) is 0 Å². The average Bonchev–Trinajstić information content (AvgIpc) is 2.61. The lowest BCUT2D eigenvalue weighted by atomic mass is 10.2. The molecular formula is C14H7F5O5S. The van der Waals surface area contributed by atoms with Crippen LogP contribution in [0.5, 0.6) is 5.75 Å². The van der Waals surface area contributed by atoms with Crippen LogP contribution in [0, 0.1) is 29.1 Å². The fraction of sp³-hybridized carbons (Fsp3) is 0.0714. The summed E-state index contributed by atoms with van der Waals surface area (Å²) < 4.78 is 98.4. The molecule has 134 valence electrons. The van der Waals surface area contributed by atoms with Gasteiger partial charge in [0, 0.05) is 0 Å². The average molecular weight is 382 g/mol. The summed E-state index contributed by atoms with van der Waals surface area (Å²) in [7, 11) is -3.86. The van der Waals surface area contributed by atoms with Gasteiger partial charge >= 0.3 is 16.1 Å². The number of hydrogen-bond acceptors (Lipinski definition) is 5. The highest BCUT2D eigenvalue weighted by molar-refractivity contribution is 7.87. The molecule has 11 heteroatoms. The maximum Gasteiger partial charge on any atom is 0.339 e. The molecule has 0 unspecified atom stereocenters. The van der Waals surface area contributed by atoms with E-state index in [2.05, 4.69) is 8.92 Å². The summed E-state index contributed by atoms with van der Waals surface area (Å²) in [5.41, 5.74) is -0.0438. The van der Waals surface area contributed by atoms with E-state index in [-0.39, 0.29) is 5.56 Å². The van der Waals surface area contributed by atoms with Crippen LogP contribution >= 0.6 is 0 Å². The number of halogens is 5. The van der Waals surface area contributed by atoms with Gasteiger partial charge < -0.3 is 8.92 Å². The zero-order valence-corrected chi connectivity index (χ0v) is 13.0. The van der Waals surface area contributed by atoms with Crippen LogP contribution in [0.3, 0.4) is 0 Å². The topological polar surface area (TPSA) is 69.7 Å². The highest BCUT2D eigenvalue weighted by Crippen LogP contribution is 2.31. The highest BCUT2D eigenvalue weighted by Gasteiger charge is 2.31. The van der Waals surface area contributed by atoms with Crippen LogP contribution in [0.2, 0.25) is 0 Å². The number of benzene rings is 2. The molecule has 0 heterocycles. The Kier molecular flexibility index (Phi) is 4.97. The molecule has 0 aliphatic heterocycles. The summed E-state index contributed by atoms with van der Waals surface area (Å²) >= 11 is 0. The van der Waals surface area contributed by atoms with Gasteiger partial charge in [-0.05, 0) is 24.3 Å². The number of ether oxygens (including phenoxy) is 1. The van der Waals surface area contributed by atoms with E-state index in [9.17, 15) is 35.2 Å². The summed E-state index contributed by atoms with van der Waals surface area (Å²) in [5.74, 6) is -14.8. The Balaban J connectivity index is 2.45. The number of methoxy groups -OCH3 is 1. The smallest absolute Gasteiger partial charge is 0.339 e. The van der Waals surface area contributed by atoms with Gasteiger partial charge in [-0.1, -0.05) is 0 Å². The molecule has 0 spiro atoms. The van der Waals surface area contributed by atoms with E-state index in [1.165, 1.54) is 0 Å². The van der Waals surface area contributed by atoms with Crippen LogP contribution < -0.4 is 4.18 Å². The first-order valence-electron chi connectivity index (χ1n) is 6.24. The highest BCUT2D eigenvalue weighted by atomic mass is 32.2. The number of hydrogen-bond donors (Lipinski definition) is 0. The summed E-state index contributed by atoms with van der Waals surface area (Å²) in [6.45, 7) is 0. The molecule has 0 atom stereocenters. The van der Waals surface area contributed by atoms with E-state index in [0.29, 0.717) is 0 Å². The SMILES string of the molecule is COC(=O)c1ccc(S(=O)(=O)Oc2c(F)c(F)c(F)c(F)c2F)cc1.